The highest BCUT2D eigenvalue weighted by atomic mass is 79.9. The van der Waals surface area contributed by atoms with E-state index in [1.165, 1.54) is 6.07 Å². The first-order valence-electron chi connectivity index (χ1n) is 4.63. The largest absolute Gasteiger partial charge is 0.477 e. The van der Waals surface area contributed by atoms with Crippen LogP contribution in [-0.2, 0) is 0 Å². The molecule has 94 valence electrons. The molecule has 1 aromatic heterocycles. The number of hydrogen-bond donors (Lipinski definition) is 1. The van der Waals surface area contributed by atoms with Crippen LogP contribution in [0.5, 0.6) is 10.8 Å². The van der Waals surface area contributed by atoms with Crippen molar-refractivity contribution in [1.82, 2.24) is 0 Å². The van der Waals surface area contributed by atoms with Crippen LogP contribution in [0.1, 0.15) is 9.67 Å². The summed E-state index contributed by atoms with van der Waals surface area (Å²) in [7, 11) is 0. The van der Waals surface area contributed by atoms with E-state index in [9.17, 15) is 4.79 Å². The lowest BCUT2D eigenvalue weighted by Crippen LogP contribution is -1.89. The second-order valence-corrected chi connectivity index (χ2v) is 5.94. The van der Waals surface area contributed by atoms with Gasteiger partial charge < -0.3 is 9.84 Å². The van der Waals surface area contributed by atoms with Gasteiger partial charge in [0, 0.05) is 10.5 Å². The highest BCUT2D eigenvalue weighted by Crippen LogP contribution is 2.38. The third-order valence-electron chi connectivity index (χ3n) is 1.98. The minimum atomic E-state index is -0.991. The predicted octanol–water partition coefficient (Wildman–Crippen LogP) is 5.31. The zero-order valence-electron chi connectivity index (χ0n) is 8.62. The molecule has 0 aliphatic carbocycles. The summed E-state index contributed by atoms with van der Waals surface area (Å²) in [5, 5.41) is 10.1. The molecule has 0 fully saturated rings. The molecule has 0 spiro atoms. The molecular weight excluding hydrogens is 363 g/mol. The molecule has 1 N–H and O–H groups in total. The van der Waals surface area contributed by atoms with Crippen LogP contribution in [0.25, 0.3) is 0 Å². The monoisotopic (exact) mass is 366 g/mol. The summed E-state index contributed by atoms with van der Waals surface area (Å²) in [5.41, 5.74) is 0. The predicted molar refractivity (Wildman–Crippen MR) is 75.5 cm³/mol. The van der Waals surface area contributed by atoms with Gasteiger partial charge in [0.05, 0.1) is 10.0 Å². The van der Waals surface area contributed by atoms with Gasteiger partial charge in [0.15, 0.2) is 5.06 Å². The van der Waals surface area contributed by atoms with Crippen molar-refractivity contribution in [1.29, 1.82) is 0 Å². The zero-order valence-corrected chi connectivity index (χ0v) is 12.5. The van der Waals surface area contributed by atoms with Crippen molar-refractivity contribution in [2.24, 2.45) is 0 Å². The van der Waals surface area contributed by atoms with Crippen molar-refractivity contribution in [3.05, 3.63) is 43.7 Å². The van der Waals surface area contributed by atoms with E-state index in [1.54, 1.807) is 18.2 Å². The van der Waals surface area contributed by atoms with Crippen LogP contribution in [0, 0.1) is 0 Å². The number of aromatic carboxylic acids is 1. The molecule has 0 saturated heterocycles. The SMILES string of the molecule is O=C(O)c1ccc(Oc2cc(Cl)c(Br)cc2Cl)s1. The number of thiophene rings is 1. The summed E-state index contributed by atoms with van der Waals surface area (Å²) < 4.78 is 6.16. The maximum Gasteiger partial charge on any atom is 0.345 e. The fraction of sp³-hybridized carbons (Fsp3) is 0. The number of ether oxygens (including phenoxy) is 1. The molecule has 0 amide bonds. The molecule has 0 aliphatic heterocycles. The molecule has 3 nitrogen and oxygen atoms in total. The van der Waals surface area contributed by atoms with Crippen LogP contribution in [0.3, 0.4) is 0 Å². The summed E-state index contributed by atoms with van der Waals surface area (Å²) in [6.07, 6.45) is 0. The van der Waals surface area contributed by atoms with Gasteiger partial charge in [-0.25, -0.2) is 4.79 Å². The first kappa shape index (κ1) is 13.7. The molecule has 2 aromatic rings. The number of hydrogen-bond acceptors (Lipinski definition) is 3. The second kappa shape index (κ2) is 5.48. The van der Waals surface area contributed by atoms with Gasteiger partial charge in [-0.05, 0) is 34.1 Å². The molecule has 0 bridgehead atoms. The highest BCUT2D eigenvalue weighted by molar-refractivity contribution is 9.10. The van der Waals surface area contributed by atoms with E-state index in [0.29, 0.717) is 25.3 Å². The summed E-state index contributed by atoms with van der Waals surface area (Å²) in [5.74, 6) is -0.613. The minimum absolute atomic E-state index is 0.198. The van der Waals surface area contributed by atoms with Crippen molar-refractivity contribution in [3.8, 4) is 10.8 Å². The molecule has 1 aromatic carbocycles. The lowest BCUT2D eigenvalue weighted by molar-refractivity contribution is 0.0702. The summed E-state index contributed by atoms with van der Waals surface area (Å²) in [6, 6.07) is 6.22. The number of rotatable bonds is 3. The van der Waals surface area contributed by atoms with E-state index in [-0.39, 0.29) is 4.88 Å². The first-order valence-corrected chi connectivity index (χ1v) is 6.99. The molecule has 0 aliphatic rings. The van der Waals surface area contributed by atoms with E-state index in [4.69, 9.17) is 33.0 Å². The van der Waals surface area contributed by atoms with Crippen LogP contribution >= 0.6 is 50.5 Å². The van der Waals surface area contributed by atoms with E-state index < -0.39 is 5.97 Å². The quantitative estimate of drug-likeness (QED) is 0.748. The van der Waals surface area contributed by atoms with Crippen molar-refractivity contribution in [3.63, 3.8) is 0 Å². The molecule has 0 atom stereocenters. The molecule has 0 radical (unpaired) electrons. The number of carbonyl (C=O) groups is 1. The summed E-state index contributed by atoms with van der Waals surface area (Å²) >= 11 is 16.2. The molecule has 2 rings (SSSR count). The van der Waals surface area contributed by atoms with Gasteiger partial charge >= 0.3 is 5.97 Å². The molecule has 0 unspecified atom stereocenters. The van der Waals surface area contributed by atoms with E-state index in [1.807, 2.05) is 0 Å². The Labute approximate surface area is 125 Å². The molecule has 7 heteroatoms. The van der Waals surface area contributed by atoms with Crippen molar-refractivity contribution in [2.75, 3.05) is 0 Å². The Morgan fingerprint density at radius 1 is 1.28 bits per heavy atom. The smallest absolute Gasteiger partial charge is 0.345 e. The van der Waals surface area contributed by atoms with Crippen molar-refractivity contribution in [2.45, 2.75) is 0 Å². The zero-order chi connectivity index (χ0) is 13.3. The van der Waals surface area contributed by atoms with Gasteiger partial charge in [0.1, 0.15) is 10.6 Å². The van der Waals surface area contributed by atoms with E-state index in [2.05, 4.69) is 15.9 Å². The second-order valence-electron chi connectivity index (χ2n) is 3.22. The van der Waals surface area contributed by atoms with Crippen LogP contribution in [-0.4, -0.2) is 11.1 Å². The number of halogens is 3. The van der Waals surface area contributed by atoms with Crippen LogP contribution in [0.2, 0.25) is 10.0 Å². The average molecular weight is 368 g/mol. The molecule has 1 heterocycles. The Morgan fingerprint density at radius 3 is 2.61 bits per heavy atom. The highest BCUT2D eigenvalue weighted by Gasteiger charge is 2.11. The van der Waals surface area contributed by atoms with Gasteiger partial charge in [-0.3, -0.25) is 0 Å². The van der Waals surface area contributed by atoms with Crippen LogP contribution < -0.4 is 4.74 Å². The van der Waals surface area contributed by atoms with Crippen molar-refractivity contribution < 1.29 is 14.6 Å². The standard InChI is InChI=1S/C11H5BrCl2O3S/c12-5-3-7(14)8(4-6(5)13)17-10-2-1-9(18-10)11(15)16/h1-4H,(H,15,16). The van der Waals surface area contributed by atoms with Gasteiger partial charge in [-0.1, -0.05) is 34.5 Å². The van der Waals surface area contributed by atoms with Gasteiger partial charge in [-0.15, -0.1) is 0 Å². The Hall–Kier alpha value is -0.750. The van der Waals surface area contributed by atoms with E-state index >= 15 is 0 Å². The minimum Gasteiger partial charge on any atom is -0.477 e. The topological polar surface area (TPSA) is 46.5 Å². The number of carboxylic acid groups (broad SMARTS) is 1. The maximum atomic E-state index is 10.7. The van der Waals surface area contributed by atoms with Gasteiger partial charge in [-0.2, -0.15) is 0 Å². The fourth-order valence-electron chi connectivity index (χ4n) is 1.18. The van der Waals surface area contributed by atoms with Crippen LogP contribution in [0.4, 0.5) is 0 Å². The lowest BCUT2D eigenvalue weighted by atomic mass is 10.3. The van der Waals surface area contributed by atoms with Crippen molar-refractivity contribution >= 4 is 56.4 Å². The number of benzene rings is 1. The Morgan fingerprint density at radius 2 is 2.00 bits per heavy atom. The third kappa shape index (κ3) is 2.98. The maximum absolute atomic E-state index is 10.7. The Balaban J connectivity index is 2.28. The Bertz CT molecular complexity index is 612. The van der Waals surface area contributed by atoms with Gasteiger partial charge in [0.25, 0.3) is 0 Å². The lowest BCUT2D eigenvalue weighted by Gasteiger charge is -2.06. The number of carboxylic acids is 1. The third-order valence-corrected chi connectivity index (χ3v) is 4.42. The molecule has 18 heavy (non-hydrogen) atoms. The summed E-state index contributed by atoms with van der Waals surface area (Å²) in [4.78, 5) is 10.9. The first-order chi connectivity index (χ1) is 8.47. The average Bonchev–Trinajstić information content (AvgIpc) is 2.74. The van der Waals surface area contributed by atoms with Crippen LogP contribution in [0.15, 0.2) is 28.7 Å². The van der Waals surface area contributed by atoms with Gasteiger partial charge in [0.2, 0.25) is 0 Å². The normalized spacial score (nSPS) is 10.4. The van der Waals surface area contributed by atoms with E-state index in [0.717, 1.165) is 11.3 Å². The summed E-state index contributed by atoms with van der Waals surface area (Å²) in [6.45, 7) is 0. The fourth-order valence-corrected chi connectivity index (χ4v) is 2.72. The molecular formula is C11H5BrCl2O3S. The Kier molecular flexibility index (Phi) is 4.17. The molecule has 0 saturated carbocycles.